The third kappa shape index (κ3) is 7.05. The standard InChI is InChI=1S/C40H29ClFN9O4/c41-33-12-13-34(50-24-44-47-48-50)32(37(33)42)11-14-36(52)49-20-17-30-29(26-15-18-43-19-16-26)7-4-8-31(30)38(49)39(53)46-28-10-9-27-22-45-51(35(27)21-28)40(54)55-23-25-5-2-1-3-6-25/h1-16,18-19,21-22,24,38H,17,20,23H2,(H,46,53). The van der Waals surface area contributed by atoms with Gasteiger partial charge in [-0.25, -0.2) is 9.18 Å². The van der Waals surface area contributed by atoms with Gasteiger partial charge in [-0.3, -0.25) is 14.6 Å². The summed E-state index contributed by atoms with van der Waals surface area (Å²) in [4.78, 5) is 47.2. The van der Waals surface area contributed by atoms with Crippen molar-refractivity contribution in [3.05, 3.63) is 155 Å². The lowest BCUT2D eigenvalue weighted by molar-refractivity contribution is -0.135. The highest BCUT2D eigenvalue weighted by Crippen LogP contribution is 2.37. The number of nitrogens with zero attached hydrogens (tertiary/aromatic N) is 8. The highest BCUT2D eigenvalue weighted by Gasteiger charge is 2.36. The zero-order valence-corrected chi connectivity index (χ0v) is 29.5. The van der Waals surface area contributed by atoms with Crippen molar-refractivity contribution in [3.8, 4) is 16.8 Å². The number of amides is 2. The van der Waals surface area contributed by atoms with E-state index in [1.54, 1.807) is 30.6 Å². The predicted octanol–water partition coefficient (Wildman–Crippen LogP) is 6.83. The van der Waals surface area contributed by atoms with Crippen LogP contribution in [0.4, 0.5) is 14.9 Å². The molecule has 1 aliphatic rings. The minimum Gasteiger partial charge on any atom is -0.443 e. The SMILES string of the molecule is O=C(Nc1ccc2cnn(C(=O)OCc3ccccc3)c2c1)C1c2cccc(-c3ccncc3)c2CCN1C(=O)C=Cc1c(-n2cnnn2)ccc(Cl)c1F. The Kier molecular flexibility index (Phi) is 9.62. The molecule has 272 valence electrons. The minimum atomic E-state index is -1.10. The van der Waals surface area contributed by atoms with Gasteiger partial charge in [-0.1, -0.05) is 60.1 Å². The zero-order valence-electron chi connectivity index (χ0n) is 28.8. The minimum absolute atomic E-state index is 0.0151. The maximum Gasteiger partial charge on any atom is 0.435 e. The van der Waals surface area contributed by atoms with Crippen LogP contribution in [0.3, 0.4) is 0 Å². The van der Waals surface area contributed by atoms with Crippen molar-refractivity contribution in [1.82, 2.24) is 39.9 Å². The summed E-state index contributed by atoms with van der Waals surface area (Å²) >= 11 is 6.12. The molecule has 1 aliphatic heterocycles. The molecule has 8 rings (SSSR count). The van der Waals surface area contributed by atoms with Crippen molar-refractivity contribution in [2.24, 2.45) is 0 Å². The van der Waals surface area contributed by atoms with Gasteiger partial charge in [0.15, 0.2) is 5.82 Å². The first-order valence-corrected chi connectivity index (χ1v) is 17.5. The Morgan fingerprint density at radius 3 is 2.62 bits per heavy atom. The number of hydrogen-bond acceptors (Lipinski definition) is 9. The second-order valence-corrected chi connectivity index (χ2v) is 12.9. The van der Waals surface area contributed by atoms with E-state index in [0.29, 0.717) is 28.6 Å². The molecule has 1 N–H and O–H groups in total. The fourth-order valence-corrected chi connectivity index (χ4v) is 6.83. The van der Waals surface area contributed by atoms with Gasteiger partial charge in [0.25, 0.3) is 5.91 Å². The van der Waals surface area contributed by atoms with E-state index in [9.17, 15) is 14.4 Å². The van der Waals surface area contributed by atoms with E-state index in [0.717, 1.165) is 26.9 Å². The molecule has 0 spiro atoms. The van der Waals surface area contributed by atoms with Crippen molar-refractivity contribution < 1.29 is 23.5 Å². The number of rotatable bonds is 8. The number of carbonyl (C=O) groups is 3. The maximum absolute atomic E-state index is 15.4. The normalized spacial score (nSPS) is 13.9. The summed E-state index contributed by atoms with van der Waals surface area (Å²) < 4.78 is 23.3. The van der Waals surface area contributed by atoms with Gasteiger partial charge in [0.1, 0.15) is 19.0 Å². The highest BCUT2D eigenvalue weighted by atomic mass is 35.5. The van der Waals surface area contributed by atoms with Crippen LogP contribution >= 0.6 is 11.6 Å². The second kappa shape index (κ2) is 15.1. The molecule has 2 amide bonds. The summed E-state index contributed by atoms with van der Waals surface area (Å²) in [5, 5.41) is 18.8. The summed E-state index contributed by atoms with van der Waals surface area (Å²) in [6, 6.07) is 25.5. The van der Waals surface area contributed by atoms with Crippen LogP contribution < -0.4 is 5.32 Å². The van der Waals surface area contributed by atoms with Crippen molar-refractivity contribution in [1.29, 1.82) is 0 Å². The Morgan fingerprint density at radius 2 is 1.82 bits per heavy atom. The lowest BCUT2D eigenvalue weighted by atomic mass is 9.86. The molecule has 4 aromatic carbocycles. The monoisotopic (exact) mass is 753 g/mol. The molecule has 3 aromatic heterocycles. The van der Waals surface area contributed by atoms with Gasteiger partial charge in [-0.2, -0.15) is 14.5 Å². The number of ether oxygens (including phenoxy) is 1. The first kappa shape index (κ1) is 35.0. The van der Waals surface area contributed by atoms with Crippen molar-refractivity contribution in [2.45, 2.75) is 19.1 Å². The van der Waals surface area contributed by atoms with Gasteiger partial charge in [-0.05, 0) is 93.2 Å². The van der Waals surface area contributed by atoms with E-state index in [1.807, 2.05) is 60.7 Å². The largest absolute Gasteiger partial charge is 0.443 e. The number of hydrogen-bond donors (Lipinski definition) is 1. The molecule has 55 heavy (non-hydrogen) atoms. The summed E-state index contributed by atoms with van der Waals surface area (Å²) in [5.41, 5.74) is 5.19. The molecular formula is C40H29ClFN9O4. The Balaban J connectivity index is 1.12. The Morgan fingerprint density at radius 1 is 0.982 bits per heavy atom. The number of nitrogens with one attached hydrogen (secondary N) is 1. The average Bonchev–Trinajstić information content (AvgIpc) is 3.91. The van der Waals surface area contributed by atoms with Crippen LogP contribution in [-0.4, -0.2) is 64.3 Å². The number of tetrazole rings is 1. The Hall–Kier alpha value is -7.06. The number of fused-ring (bicyclic) bond motifs is 2. The molecule has 1 unspecified atom stereocenters. The van der Waals surface area contributed by atoms with Crippen LogP contribution in [0.25, 0.3) is 33.8 Å². The molecule has 0 saturated heterocycles. The molecular weight excluding hydrogens is 725 g/mol. The molecule has 0 bridgehead atoms. The number of aromatic nitrogens is 7. The number of pyridine rings is 1. The smallest absolute Gasteiger partial charge is 0.435 e. The molecule has 0 fully saturated rings. The topological polar surface area (TPSA) is 150 Å². The third-order valence-electron chi connectivity index (χ3n) is 9.26. The van der Waals surface area contributed by atoms with E-state index in [1.165, 1.54) is 46.4 Å². The molecule has 15 heteroatoms. The first-order valence-electron chi connectivity index (χ1n) is 17.1. The average molecular weight is 754 g/mol. The molecule has 4 heterocycles. The van der Waals surface area contributed by atoms with E-state index in [2.05, 4.69) is 30.9 Å². The summed E-state index contributed by atoms with van der Waals surface area (Å²) in [5.74, 6) is -1.82. The fourth-order valence-electron chi connectivity index (χ4n) is 6.66. The van der Waals surface area contributed by atoms with E-state index < -0.39 is 29.8 Å². The molecule has 7 aromatic rings. The first-order chi connectivity index (χ1) is 26.9. The molecule has 0 radical (unpaired) electrons. The maximum atomic E-state index is 15.4. The Bertz CT molecular complexity index is 2580. The summed E-state index contributed by atoms with van der Waals surface area (Å²) in [7, 11) is 0. The van der Waals surface area contributed by atoms with E-state index >= 15 is 4.39 Å². The van der Waals surface area contributed by atoms with Crippen molar-refractivity contribution in [2.75, 3.05) is 11.9 Å². The van der Waals surface area contributed by atoms with Gasteiger partial charge in [0.2, 0.25) is 5.91 Å². The quantitative estimate of drug-likeness (QED) is 0.165. The van der Waals surface area contributed by atoms with Gasteiger partial charge in [-0.15, -0.1) is 5.10 Å². The second-order valence-electron chi connectivity index (χ2n) is 12.5. The van der Waals surface area contributed by atoms with Crippen molar-refractivity contribution in [3.63, 3.8) is 0 Å². The van der Waals surface area contributed by atoms with Gasteiger partial charge in [0.05, 0.1) is 22.4 Å². The number of halogens is 2. The molecule has 0 saturated carbocycles. The summed E-state index contributed by atoms with van der Waals surface area (Å²) in [6.45, 7) is 0.231. The van der Waals surface area contributed by atoms with Gasteiger partial charge >= 0.3 is 6.09 Å². The predicted molar refractivity (Wildman–Crippen MR) is 201 cm³/mol. The lowest BCUT2D eigenvalue weighted by Gasteiger charge is -2.36. The number of anilines is 1. The van der Waals surface area contributed by atoms with Crippen LogP contribution in [-0.2, 0) is 27.4 Å². The fraction of sp³-hybridized carbons (Fsp3) is 0.100. The van der Waals surface area contributed by atoms with E-state index in [-0.39, 0.29) is 29.4 Å². The number of carbonyl (C=O) groups excluding carboxylic acids is 3. The highest BCUT2D eigenvalue weighted by molar-refractivity contribution is 6.31. The number of benzene rings is 4. The van der Waals surface area contributed by atoms with E-state index in [4.69, 9.17) is 16.3 Å². The van der Waals surface area contributed by atoms with Gasteiger partial charge in [0, 0.05) is 41.7 Å². The summed E-state index contributed by atoms with van der Waals surface area (Å²) in [6.07, 6.45) is 8.46. The van der Waals surface area contributed by atoms with Crippen LogP contribution in [0.2, 0.25) is 5.02 Å². The van der Waals surface area contributed by atoms with Gasteiger partial charge < -0.3 is 15.0 Å². The Labute approximate surface area is 317 Å². The van der Waals surface area contributed by atoms with Crippen molar-refractivity contribution >= 4 is 52.2 Å². The molecule has 0 aliphatic carbocycles. The van der Waals surface area contributed by atoms with Crippen LogP contribution in [0.5, 0.6) is 0 Å². The lowest BCUT2D eigenvalue weighted by Crippen LogP contribution is -2.45. The van der Waals surface area contributed by atoms with Crippen LogP contribution in [0.1, 0.15) is 28.3 Å². The zero-order chi connectivity index (χ0) is 37.9. The van der Waals surface area contributed by atoms with Crippen LogP contribution in [0.15, 0.2) is 122 Å². The molecule has 1 atom stereocenters. The molecule has 13 nitrogen and oxygen atoms in total. The third-order valence-corrected chi connectivity index (χ3v) is 9.55. The van der Waals surface area contributed by atoms with Crippen LogP contribution in [0, 0.1) is 5.82 Å².